The summed E-state index contributed by atoms with van der Waals surface area (Å²) in [6, 6.07) is 4.91. The second kappa shape index (κ2) is 7.56. The summed E-state index contributed by atoms with van der Waals surface area (Å²) in [5.41, 5.74) is 4.08. The number of anilines is 1. The van der Waals surface area contributed by atoms with Gasteiger partial charge in [-0.3, -0.25) is 4.68 Å². The molecule has 1 saturated heterocycles. The van der Waals surface area contributed by atoms with Crippen LogP contribution in [-0.2, 0) is 7.05 Å². The maximum absolute atomic E-state index is 4.74. The highest BCUT2D eigenvalue weighted by molar-refractivity contribution is 5.65. The third-order valence-electron chi connectivity index (χ3n) is 9.99. The zero-order valence-electron chi connectivity index (χ0n) is 20.3. The Labute approximate surface area is 198 Å². The van der Waals surface area contributed by atoms with Gasteiger partial charge in [0.25, 0.3) is 0 Å². The van der Waals surface area contributed by atoms with Gasteiger partial charge in [0.1, 0.15) is 5.82 Å². The molecule has 8 rings (SSSR count). The van der Waals surface area contributed by atoms with E-state index in [9.17, 15) is 0 Å². The van der Waals surface area contributed by atoms with Crippen LogP contribution in [0.3, 0.4) is 0 Å². The van der Waals surface area contributed by atoms with Crippen molar-refractivity contribution >= 4 is 5.82 Å². The number of nitrogens with one attached hydrogen (secondary N) is 1. The van der Waals surface area contributed by atoms with E-state index in [0.717, 1.165) is 46.7 Å². The van der Waals surface area contributed by atoms with Crippen LogP contribution in [0.25, 0.3) is 11.1 Å². The summed E-state index contributed by atoms with van der Waals surface area (Å²) in [7, 11) is 1.97. The lowest BCUT2D eigenvalue weighted by Crippen LogP contribution is -2.51. The van der Waals surface area contributed by atoms with Crippen LogP contribution in [0.2, 0.25) is 0 Å². The molecule has 0 spiro atoms. The Morgan fingerprint density at radius 3 is 2.18 bits per heavy atom. The smallest absolute Gasteiger partial charge is 0.126 e. The van der Waals surface area contributed by atoms with Crippen molar-refractivity contribution in [1.29, 1.82) is 0 Å². The number of hydrogen-bond acceptors (Lipinski definition) is 4. The van der Waals surface area contributed by atoms with E-state index in [1.807, 2.05) is 17.9 Å². The Bertz CT molecular complexity index is 974. The van der Waals surface area contributed by atoms with E-state index in [2.05, 4.69) is 40.6 Å². The number of likely N-dealkylation sites (tertiary alicyclic amines) is 1. The number of aryl methyl sites for hydroxylation is 2. The zero-order valence-corrected chi connectivity index (χ0v) is 20.3. The third kappa shape index (κ3) is 3.71. The van der Waals surface area contributed by atoms with Crippen molar-refractivity contribution in [1.82, 2.24) is 19.7 Å². The van der Waals surface area contributed by atoms with Crippen LogP contribution in [-0.4, -0.2) is 45.3 Å². The third-order valence-corrected chi connectivity index (χ3v) is 9.99. The van der Waals surface area contributed by atoms with Crippen LogP contribution in [0.4, 0.5) is 5.82 Å². The van der Waals surface area contributed by atoms with E-state index in [4.69, 9.17) is 4.98 Å². The molecular weight excluding hydrogens is 406 g/mol. The topological polar surface area (TPSA) is 46.0 Å². The highest BCUT2D eigenvalue weighted by Gasteiger charge is 2.52. The largest absolute Gasteiger partial charge is 0.367 e. The lowest BCUT2D eigenvalue weighted by atomic mass is 9.49. The number of hydrogen-bond donors (Lipinski definition) is 1. The molecular formula is C28H39N5. The van der Waals surface area contributed by atoms with Crippen molar-refractivity contribution in [2.24, 2.45) is 42.1 Å². The summed E-state index contributed by atoms with van der Waals surface area (Å²) in [5, 5.41) is 8.22. The standard InChI is InChI=1S/C28H39N5/c1-18-26(16-32(2)31-18)22-3-4-27(29-13-22)30-25-8-23-14-33(15-24(23)9-25)17-28-10-19-5-20(11-28)7-21(6-19)12-28/h3-4,13,16,19-21,23-25H,5-12,14-15,17H2,1-2H3,(H,29,30)/t19?,20?,21?,23-,24+,25?,28?. The molecule has 0 radical (unpaired) electrons. The monoisotopic (exact) mass is 445 g/mol. The summed E-state index contributed by atoms with van der Waals surface area (Å²) in [6.07, 6.45) is 16.0. The molecule has 5 heteroatoms. The molecule has 5 nitrogen and oxygen atoms in total. The van der Waals surface area contributed by atoms with Gasteiger partial charge in [0.05, 0.1) is 5.69 Å². The molecule has 1 N–H and O–H groups in total. The minimum absolute atomic E-state index is 0.583. The van der Waals surface area contributed by atoms with Gasteiger partial charge in [-0.05, 0) is 105 Å². The van der Waals surface area contributed by atoms with Gasteiger partial charge in [0.2, 0.25) is 0 Å². The van der Waals surface area contributed by atoms with E-state index < -0.39 is 0 Å². The highest BCUT2D eigenvalue weighted by atomic mass is 15.2. The first kappa shape index (κ1) is 20.5. The molecule has 1 aliphatic heterocycles. The molecule has 3 atom stereocenters. The molecule has 6 aliphatic rings. The Morgan fingerprint density at radius 1 is 0.970 bits per heavy atom. The van der Waals surface area contributed by atoms with Crippen LogP contribution in [0, 0.1) is 41.9 Å². The number of rotatable bonds is 5. The number of fused-ring (bicyclic) bond motifs is 1. The molecule has 5 aliphatic carbocycles. The second-order valence-electron chi connectivity index (χ2n) is 12.7. The van der Waals surface area contributed by atoms with Gasteiger partial charge in [-0.15, -0.1) is 0 Å². The minimum atomic E-state index is 0.583. The molecule has 33 heavy (non-hydrogen) atoms. The molecule has 2 aromatic rings. The average molecular weight is 446 g/mol. The van der Waals surface area contributed by atoms with Crippen molar-refractivity contribution < 1.29 is 0 Å². The highest BCUT2D eigenvalue weighted by Crippen LogP contribution is 2.60. The normalized spacial score (nSPS) is 39.3. The first-order valence-electron chi connectivity index (χ1n) is 13.5. The van der Waals surface area contributed by atoms with Crippen LogP contribution in [0.5, 0.6) is 0 Å². The fraction of sp³-hybridized carbons (Fsp3) is 0.714. The molecule has 5 saturated carbocycles. The summed E-state index contributed by atoms with van der Waals surface area (Å²) in [5.74, 6) is 6.02. The van der Waals surface area contributed by atoms with Crippen LogP contribution < -0.4 is 5.32 Å². The van der Waals surface area contributed by atoms with E-state index in [1.165, 1.54) is 38.0 Å². The maximum atomic E-state index is 4.74. The fourth-order valence-corrected chi connectivity index (χ4v) is 9.33. The molecule has 0 aromatic carbocycles. The maximum Gasteiger partial charge on any atom is 0.126 e. The first-order chi connectivity index (χ1) is 16.0. The van der Waals surface area contributed by atoms with Gasteiger partial charge >= 0.3 is 0 Å². The minimum Gasteiger partial charge on any atom is -0.367 e. The summed E-state index contributed by atoms with van der Waals surface area (Å²) >= 11 is 0. The first-order valence-corrected chi connectivity index (χ1v) is 13.5. The van der Waals surface area contributed by atoms with E-state index in [-0.39, 0.29) is 0 Å². The van der Waals surface area contributed by atoms with Crippen molar-refractivity contribution in [3.8, 4) is 11.1 Å². The molecule has 2 aromatic heterocycles. The number of aromatic nitrogens is 3. The lowest BCUT2D eigenvalue weighted by molar-refractivity contribution is -0.0672. The van der Waals surface area contributed by atoms with Crippen molar-refractivity contribution in [3.63, 3.8) is 0 Å². The average Bonchev–Trinajstić information content (AvgIpc) is 3.39. The van der Waals surface area contributed by atoms with E-state index in [0.29, 0.717) is 11.5 Å². The Morgan fingerprint density at radius 2 is 1.64 bits per heavy atom. The van der Waals surface area contributed by atoms with Gasteiger partial charge in [0.15, 0.2) is 0 Å². The Kier molecular flexibility index (Phi) is 4.69. The molecule has 3 heterocycles. The van der Waals surface area contributed by atoms with Gasteiger partial charge in [-0.2, -0.15) is 5.10 Å². The van der Waals surface area contributed by atoms with Gasteiger partial charge < -0.3 is 10.2 Å². The van der Waals surface area contributed by atoms with E-state index in [1.54, 1.807) is 38.5 Å². The van der Waals surface area contributed by atoms with Crippen LogP contribution >= 0.6 is 0 Å². The number of pyridine rings is 1. The SMILES string of the molecule is Cc1nn(C)cc1-c1ccc(NC2C[C@@H]3CN(CC45CC6CC(CC(C6)C4)C5)C[C@@H]3C2)nc1. The quantitative estimate of drug-likeness (QED) is 0.693. The van der Waals surface area contributed by atoms with E-state index >= 15 is 0 Å². The summed E-state index contributed by atoms with van der Waals surface area (Å²) in [4.78, 5) is 7.63. The molecule has 6 fully saturated rings. The lowest BCUT2D eigenvalue weighted by Gasteiger charge is -2.57. The van der Waals surface area contributed by atoms with Crippen LogP contribution in [0.1, 0.15) is 57.1 Å². The molecule has 0 amide bonds. The summed E-state index contributed by atoms with van der Waals surface area (Å²) < 4.78 is 1.88. The molecule has 4 bridgehead atoms. The van der Waals surface area contributed by atoms with Crippen LogP contribution in [0.15, 0.2) is 24.5 Å². The van der Waals surface area contributed by atoms with Crippen molar-refractivity contribution in [3.05, 3.63) is 30.2 Å². The predicted molar refractivity (Wildman–Crippen MR) is 132 cm³/mol. The second-order valence-corrected chi connectivity index (χ2v) is 12.7. The van der Waals surface area contributed by atoms with Gasteiger partial charge in [0, 0.05) is 56.2 Å². The Balaban J connectivity index is 0.947. The molecule has 176 valence electrons. The van der Waals surface area contributed by atoms with Crippen molar-refractivity contribution in [2.75, 3.05) is 25.0 Å². The Hall–Kier alpha value is -1.88. The fourth-order valence-electron chi connectivity index (χ4n) is 9.33. The van der Waals surface area contributed by atoms with Crippen molar-refractivity contribution in [2.45, 2.75) is 64.3 Å². The zero-order chi connectivity index (χ0) is 22.2. The molecule has 1 unspecified atom stereocenters. The van der Waals surface area contributed by atoms with Gasteiger partial charge in [-0.25, -0.2) is 4.98 Å². The number of nitrogens with zero attached hydrogens (tertiary/aromatic N) is 4. The summed E-state index contributed by atoms with van der Waals surface area (Å²) in [6.45, 7) is 6.16. The van der Waals surface area contributed by atoms with Gasteiger partial charge in [-0.1, -0.05) is 0 Å². The predicted octanol–water partition coefficient (Wildman–Crippen LogP) is 5.13.